The normalized spacial score (nSPS) is 13.5. The number of nitrogens with one attached hydrogen (secondary N) is 1. The van der Waals surface area contributed by atoms with Crippen molar-refractivity contribution in [3.05, 3.63) is 89.1 Å². The van der Waals surface area contributed by atoms with Crippen LogP contribution in [0.2, 0.25) is 0 Å². The van der Waals surface area contributed by atoms with Gasteiger partial charge in [-0.15, -0.1) is 0 Å². The summed E-state index contributed by atoms with van der Waals surface area (Å²) < 4.78 is 11.3. The van der Waals surface area contributed by atoms with Crippen molar-refractivity contribution < 1.29 is 19.1 Å². The Kier molecular flexibility index (Phi) is 6.68. The second-order valence-electron chi connectivity index (χ2n) is 8.00. The van der Waals surface area contributed by atoms with E-state index in [4.69, 9.17) is 9.47 Å². The van der Waals surface area contributed by atoms with E-state index in [1.807, 2.05) is 70.2 Å². The molecule has 6 nitrogen and oxygen atoms in total. The number of aryl methyl sites for hydroxylation is 2. The third-order valence-electron chi connectivity index (χ3n) is 5.58. The first-order chi connectivity index (χ1) is 16.4. The molecule has 0 unspecified atom stereocenters. The number of ether oxygens (including phenoxy) is 2. The molecule has 3 aromatic rings. The summed E-state index contributed by atoms with van der Waals surface area (Å²) in [7, 11) is 0. The highest BCUT2D eigenvalue weighted by Crippen LogP contribution is 2.37. The Balaban J connectivity index is 1.82. The number of anilines is 2. The highest BCUT2D eigenvalue weighted by Gasteiger charge is 2.41. The van der Waals surface area contributed by atoms with Gasteiger partial charge in [0.25, 0.3) is 11.8 Å². The largest absolute Gasteiger partial charge is 0.494 e. The molecule has 2 amide bonds. The molecule has 0 aromatic heterocycles. The van der Waals surface area contributed by atoms with E-state index in [2.05, 4.69) is 5.32 Å². The van der Waals surface area contributed by atoms with Gasteiger partial charge < -0.3 is 14.8 Å². The van der Waals surface area contributed by atoms with Crippen LogP contribution in [0.1, 0.15) is 30.5 Å². The highest BCUT2D eigenvalue weighted by molar-refractivity contribution is 6.46. The molecule has 34 heavy (non-hydrogen) atoms. The standard InChI is InChI=1S/C28H28N2O4/c1-5-33-21-14-12-20(13-15-21)25-26(29-22-9-7-8-10-24(22)34-6-2)28(32)30(27(25)31)23-16-11-18(3)17-19(23)4/h7-17,29H,5-6H2,1-4H3. The summed E-state index contributed by atoms with van der Waals surface area (Å²) in [6, 6.07) is 20.2. The molecule has 0 atom stereocenters. The van der Waals surface area contributed by atoms with Crippen molar-refractivity contribution >= 4 is 28.8 Å². The molecule has 1 heterocycles. The number of amides is 2. The molecule has 0 radical (unpaired) electrons. The van der Waals surface area contributed by atoms with Crippen molar-refractivity contribution in [2.24, 2.45) is 0 Å². The Morgan fingerprint density at radius 3 is 2.21 bits per heavy atom. The maximum atomic E-state index is 13.7. The van der Waals surface area contributed by atoms with E-state index in [0.717, 1.165) is 11.1 Å². The molecule has 174 valence electrons. The van der Waals surface area contributed by atoms with E-state index >= 15 is 0 Å². The lowest BCUT2D eigenvalue weighted by molar-refractivity contribution is -0.120. The van der Waals surface area contributed by atoms with Gasteiger partial charge in [-0.1, -0.05) is 42.0 Å². The number of para-hydroxylation sites is 2. The summed E-state index contributed by atoms with van der Waals surface area (Å²) in [4.78, 5) is 28.7. The predicted molar refractivity (Wildman–Crippen MR) is 134 cm³/mol. The first-order valence-corrected chi connectivity index (χ1v) is 11.4. The van der Waals surface area contributed by atoms with Crippen molar-refractivity contribution in [2.75, 3.05) is 23.4 Å². The van der Waals surface area contributed by atoms with E-state index in [0.29, 0.717) is 47.2 Å². The molecule has 4 rings (SSSR count). The Labute approximate surface area is 199 Å². The zero-order valence-corrected chi connectivity index (χ0v) is 19.8. The van der Waals surface area contributed by atoms with Crippen LogP contribution in [0.15, 0.2) is 72.4 Å². The Hall–Kier alpha value is -4.06. The van der Waals surface area contributed by atoms with Gasteiger partial charge in [-0.05, 0) is 69.2 Å². The first kappa shape index (κ1) is 23.1. The van der Waals surface area contributed by atoms with Gasteiger partial charge in [-0.25, -0.2) is 4.90 Å². The van der Waals surface area contributed by atoms with Gasteiger partial charge >= 0.3 is 0 Å². The molecule has 6 heteroatoms. The third kappa shape index (κ3) is 4.39. The molecule has 3 aromatic carbocycles. The molecule has 0 fully saturated rings. The van der Waals surface area contributed by atoms with E-state index < -0.39 is 5.91 Å². The van der Waals surface area contributed by atoms with Gasteiger partial charge in [0.2, 0.25) is 0 Å². The lowest BCUT2D eigenvalue weighted by atomic mass is 10.0. The minimum absolute atomic E-state index is 0.210. The van der Waals surface area contributed by atoms with Gasteiger partial charge in [0.05, 0.1) is 30.2 Å². The van der Waals surface area contributed by atoms with E-state index in [1.54, 1.807) is 24.3 Å². The van der Waals surface area contributed by atoms with Crippen LogP contribution in [0.25, 0.3) is 5.57 Å². The zero-order chi connectivity index (χ0) is 24.2. The van der Waals surface area contributed by atoms with Gasteiger partial charge in [-0.3, -0.25) is 9.59 Å². The molecule has 0 saturated carbocycles. The van der Waals surface area contributed by atoms with Crippen molar-refractivity contribution in [1.29, 1.82) is 0 Å². The maximum absolute atomic E-state index is 13.7. The lowest BCUT2D eigenvalue weighted by Gasteiger charge is -2.18. The summed E-state index contributed by atoms with van der Waals surface area (Å²) >= 11 is 0. The zero-order valence-electron chi connectivity index (χ0n) is 19.8. The first-order valence-electron chi connectivity index (χ1n) is 11.4. The van der Waals surface area contributed by atoms with Gasteiger partial charge in [-0.2, -0.15) is 0 Å². The summed E-state index contributed by atoms with van der Waals surface area (Å²) in [5.74, 6) is 0.518. The molecule has 0 bridgehead atoms. The van der Waals surface area contributed by atoms with E-state index in [1.165, 1.54) is 4.90 Å². The number of hydrogen-bond acceptors (Lipinski definition) is 5. The average molecular weight is 457 g/mol. The quantitative estimate of drug-likeness (QED) is 0.454. The number of carbonyl (C=O) groups is 2. The highest BCUT2D eigenvalue weighted by atomic mass is 16.5. The van der Waals surface area contributed by atoms with Gasteiger partial charge in [0, 0.05) is 0 Å². The number of benzene rings is 3. The fourth-order valence-electron chi connectivity index (χ4n) is 4.06. The predicted octanol–water partition coefficient (Wildman–Crippen LogP) is 5.50. The van der Waals surface area contributed by atoms with Crippen molar-refractivity contribution in [3.63, 3.8) is 0 Å². The number of nitrogens with zero attached hydrogens (tertiary/aromatic N) is 1. The Morgan fingerprint density at radius 1 is 0.824 bits per heavy atom. The molecule has 1 N–H and O–H groups in total. The number of hydrogen-bond donors (Lipinski definition) is 1. The van der Waals surface area contributed by atoms with Crippen molar-refractivity contribution in [1.82, 2.24) is 0 Å². The summed E-state index contributed by atoms with van der Waals surface area (Å²) in [6.07, 6.45) is 0. The van der Waals surface area contributed by atoms with Gasteiger partial charge in [0.15, 0.2) is 0 Å². The minimum atomic E-state index is -0.410. The van der Waals surface area contributed by atoms with Gasteiger partial charge in [0.1, 0.15) is 17.2 Å². The number of rotatable bonds is 8. The SMILES string of the molecule is CCOc1ccc(C2=C(Nc3ccccc3OCC)C(=O)N(c3ccc(C)cc3C)C2=O)cc1. The third-order valence-corrected chi connectivity index (χ3v) is 5.58. The smallest absolute Gasteiger partial charge is 0.282 e. The van der Waals surface area contributed by atoms with Crippen LogP contribution >= 0.6 is 0 Å². The summed E-state index contributed by atoms with van der Waals surface area (Å²) in [6.45, 7) is 8.70. The average Bonchev–Trinajstić information content (AvgIpc) is 3.06. The van der Waals surface area contributed by atoms with Crippen molar-refractivity contribution in [3.8, 4) is 11.5 Å². The molecule has 0 aliphatic carbocycles. The molecule has 1 aliphatic heterocycles. The molecular formula is C28H28N2O4. The van der Waals surface area contributed by atoms with Crippen LogP contribution in [0.5, 0.6) is 11.5 Å². The maximum Gasteiger partial charge on any atom is 0.282 e. The van der Waals surface area contributed by atoms with Crippen molar-refractivity contribution in [2.45, 2.75) is 27.7 Å². The Bertz CT molecular complexity index is 1260. The van der Waals surface area contributed by atoms with E-state index in [9.17, 15) is 9.59 Å². The lowest BCUT2D eigenvalue weighted by Crippen LogP contribution is -2.33. The van der Waals surface area contributed by atoms with Crippen LogP contribution in [0.3, 0.4) is 0 Å². The molecular weight excluding hydrogens is 428 g/mol. The number of imide groups is 1. The second kappa shape index (κ2) is 9.83. The molecule has 0 spiro atoms. The fourth-order valence-corrected chi connectivity index (χ4v) is 4.06. The molecule has 0 saturated heterocycles. The fraction of sp³-hybridized carbons (Fsp3) is 0.214. The van der Waals surface area contributed by atoms with E-state index in [-0.39, 0.29) is 11.6 Å². The van der Waals surface area contributed by atoms with Crippen LogP contribution in [-0.2, 0) is 9.59 Å². The summed E-state index contributed by atoms with van der Waals surface area (Å²) in [5, 5.41) is 3.20. The van der Waals surface area contributed by atoms with Crippen LogP contribution in [0.4, 0.5) is 11.4 Å². The Morgan fingerprint density at radius 2 is 1.53 bits per heavy atom. The van der Waals surface area contributed by atoms with Crippen LogP contribution in [0, 0.1) is 13.8 Å². The summed E-state index contributed by atoms with van der Waals surface area (Å²) in [5.41, 5.74) is 4.24. The minimum Gasteiger partial charge on any atom is -0.494 e. The monoisotopic (exact) mass is 456 g/mol. The topological polar surface area (TPSA) is 67.9 Å². The molecule has 1 aliphatic rings. The van der Waals surface area contributed by atoms with Crippen LogP contribution in [-0.4, -0.2) is 25.0 Å². The van der Waals surface area contributed by atoms with Crippen LogP contribution < -0.4 is 19.7 Å². The second-order valence-corrected chi connectivity index (χ2v) is 8.00. The number of carbonyl (C=O) groups excluding carboxylic acids is 2.